The molecule has 0 bridgehead atoms. The van der Waals surface area contributed by atoms with E-state index >= 15 is 0 Å². The Morgan fingerprint density at radius 2 is 1.32 bits per heavy atom. The third kappa shape index (κ3) is 5.17. The largest absolute Gasteiger partial charge is 0.493 e. The number of ketones is 1. The molecule has 31 heavy (non-hydrogen) atoms. The van der Waals surface area contributed by atoms with Crippen LogP contribution in [-0.4, -0.2) is 40.2 Å². The van der Waals surface area contributed by atoms with Crippen LogP contribution in [0.4, 0.5) is 0 Å². The molecule has 1 fully saturated rings. The Kier molecular flexibility index (Phi) is 6.86. The van der Waals surface area contributed by atoms with Gasteiger partial charge in [0.25, 0.3) is 0 Å². The zero-order chi connectivity index (χ0) is 22.6. The first kappa shape index (κ1) is 22.6. The lowest BCUT2D eigenvalue weighted by Crippen LogP contribution is -2.32. The molecule has 0 aromatic heterocycles. The number of carbonyl (C=O) groups excluding carboxylic acids is 1. The van der Waals surface area contributed by atoms with Crippen molar-refractivity contribution >= 4 is 17.9 Å². The molecule has 2 aromatic carbocycles. The molecule has 0 spiro atoms. The van der Waals surface area contributed by atoms with E-state index in [0.717, 1.165) is 16.7 Å². The van der Waals surface area contributed by atoms with Crippen molar-refractivity contribution < 1.29 is 19.0 Å². The summed E-state index contributed by atoms with van der Waals surface area (Å²) in [6, 6.07) is 12.1. The van der Waals surface area contributed by atoms with E-state index in [1.165, 1.54) is 5.56 Å². The van der Waals surface area contributed by atoms with Gasteiger partial charge in [-0.2, -0.15) is 0 Å². The average Bonchev–Trinajstić information content (AvgIpc) is 2.75. The summed E-state index contributed by atoms with van der Waals surface area (Å²) in [5, 5.41) is 3.33. The summed E-state index contributed by atoms with van der Waals surface area (Å²) in [7, 11) is 4.72. The van der Waals surface area contributed by atoms with E-state index in [9.17, 15) is 4.79 Å². The van der Waals surface area contributed by atoms with Gasteiger partial charge >= 0.3 is 0 Å². The van der Waals surface area contributed by atoms with Gasteiger partial charge in [0.15, 0.2) is 17.3 Å². The molecule has 1 heterocycles. The molecule has 1 N–H and O–H groups in total. The molecule has 5 nitrogen and oxygen atoms in total. The predicted molar refractivity (Wildman–Crippen MR) is 125 cm³/mol. The van der Waals surface area contributed by atoms with Gasteiger partial charge in [-0.25, -0.2) is 0 Å². The van der Waals surface area contributed by atoms with Crippen molar-refractivity contribution in [2.45, 2.75) is 26.2 Å². The number of nitrogens with one attached hydrogen (secondary N) is 1. The van der Waals surface area contributed by atoms with Crippen molar-refractivity contribution in [3.05, 3.63) is 64.2 Å². The van der Waals surface area contributed by atoms with Gasteiger partial charge in [0.05, 0.1) is 21.3 Å². The number of Topliss-reactive ketones (excluding diaryl/α,β-unsaturated/α-hetero) is 1. The Labute approximate surface area is 184 Å². The lowest BCUT2D eigenvalue weighted by Gasteiger charge is -2.20. The van der Waals surface area contributed by atoms with E-state index in [1.807, 2.05) is 24.3 Å². The molecule has 164 valence electrons. The van der Waals surface area contributed by atoms with E-state index in [1.54, 1.807) is 21.3 Å². The van der Waals surface area contributed by atoms with Crippen molar-refractivity contribution in [3.63, 3.8) is 0 Å². The van der Waals surface area contributed by atoms with Gasteiger partial charge < -0.3 is 19.5 Å². The fourth-order valence-electron chi connectivity index (χ4n) is 3.60. The summed E-state index contributed by atoms with van der Waals surface area (Å²) in [5.41, 5.74) is 4.64. The highest BCUT2D eigenvalue weighted by Crippen LogP contribution is 2.39. The minimum atomic E-state index is 0.0485. The zero-order valence-electron chi connectivity index (χ0n) is 19.2. The molecular weight excluding hydrogens is 390 g/mol. The van der Waals surface area contributed by atoms with Crippen LogP contribution in [0.3, 0.4) is 0 Å². The van der Waals surface area contributed by atoms with Crippen LogP contribution < -0.4 is 19.5 Å². The van der Waals surface area contributed by atoms with Gasteiger partial charge in [-0.1, -0.05) is 45.0 Å². The lowest BCUT2D eigenvalue weighted by molar-refractivity contribution is -0.112. The van der Waals surface area contributed by atoms with Crippen LogP contribution in [0.25, 0.3) is 12.2 Å². The first-order valence-electron chi connectivity index (χ1n) is 10.3. The second kappa shape index (κ2) is 9.40. The number of piperidine rings is 1. The van der Waals surface area contributed by atoms with Crippen LogP contribution in [0.15, 0.2) is 47.5 Å². The monoisotopic (exact) mass is 421 g/mol. The third-order valence-electron chi connectivity index (χ3n) is 5.36. The van der Waals surface area contributed by atoms with Crippen molar-refractivity contribution in [3.8, 4) is 17.2 Å². The minimum Gasteiger partial charge on any atom is -0.493 e. The summed E-state index contributed by atoms with van der Waals surface area (Å²) >= 11 is 0. The molecule has 2 aromatic rings. The van der Waals surface area contributed by atoms with Crippen LogP contribution in [0.5, 0.6) is 17.2 Å². The quantitative estimate of drug-likeness (QED) is 0.713. The minimum absolute atomic E-state index is 0.0485. The number of ether oxygens (including phenoxy) is 3. The molecule has 0 radical (unpaired) electrons. The highest BCUT2D eigenvalue weighted by molar-refractivity contribution is 6.14. The lowest BCUT2D eigenvalue weighted by atomic mass is 9.86. The second-order valence-corrected chi connectivity index (χ2v) is 8.60. The fraction of sp³-hybridized carbons (Fsp3) is 0.346. The number of carbonyl (C=O) groups is 1. The summed E-state index contributed by atoms with van der Waals surface area (Å²) < 4.78 is 16.2. The first-order chi connectivity index (χ1) is 14.8. The maximum absolute atomic E-state index is 13.1. The highest BCUT2D eigenvalue weighted by atomic mass is 16.5. The Balaban J connectivity index is 1.90. The van der Waals surface area contributed by atoms with Crippen molar-refractivity contribution in [1.82, 2.24) is 5.32 Å². The number of rotatable bonds is 5. The van der Waals surface area contributed by atoms with Crippen LogP contribution in [0.2, 0.25) is 0 Å². The molecule has 0 amide bonds. The second-order valence-electron chi connectivity index (χ2n) is 8.60. The average molecular weight is 422 g/mol. The maximum atomic E-state index is 13.1. The molecule has 1 saturated heterocycles. The van der Waals surface area contributed by atoms with Gasteiger partial charge in [-0.05, 0) is 46.4 Å². The van der Waals surface area contributed by atoms with E-state index in [4.69, 9.17) is 14.2 Å². The van der Waals surface area contributed by atoms with Gasteiger partial charge in [0.2, 0.25) is 5.75 Å². The molecule has 0 saturated carbocycles. The van der Waals surface area contributed by atoms with Gasteiger partial charge in [-0.3, -0.25) is 4.79 Å². The van der Waals surface area contributed by atoms with Crippen LogP contribution in [0.1, 0.15) is 37.5 Å². The number of hydrogen-bond donors (Lipinski definition) is 1. The zero-order valence-corrected chi connectivity index (χ0v) is 19.2. The van der Waals surface area contributed by atoms with Crippen molar-refractivity contribution in [2.75, 3.05) is 34.4 Å². The highest BCUT2D eigenvalue weighted by Gasteiger charge is 2.21. The van der Waals surface area contributed by atoms with E-state index in [-0.39, 0.29) is 11.2 Å². The number of benzene rings is 2. The van der Waals surface area contributed by atoms with Crippen LogP contribution in [0, 0.1) is 0 Å². The molecule has 1 aliphatic heterocycles. The SMILES string of the molecule is COc1cc(C=C2CNCC(=Cc3ccc(C(C)(C)C)cc3)C2=O)cc(OC)c1OC. The Hall–Kier alpha value is -3.05. The van der Waals surface area contributed by atoms with Crippen LogP contribution >= 0.6 is 0 Å². The van der Waals surface area contributed by atoms with E-state index < -0.39 is 0 Å². The Morgan fingerprint density at radius 3 is 1.77 bits per heavy atom. The predicted octanol–water partition coefficient (Wildman–Crippen LogP) is 4.65. The number of methoxy groups -OCH3 is 3. The van der Waals surface area contributed by atoms with Crippen molar-refractivity contribution in [2.24, 2.45) is 0 Å². The smallest absolute Gasteiger partial charge is 0.203 e. The molecular formula is C26H31NO4. The number of hydrogen-bond acceptors (Lipinski definition) is 5. The molecule has 3 rings (SSSR count). The normalized spacial score (nSPS) is 17.2. The van der Waals surface area contributed by atoms with Gasteiger partial charge in [0, 0.05) is 24.2 Å². The summed E-state index contributed by atoms with van der Waals surface area (Å²) in [4.78, 5) is 13.1. The van der Waals surface area contributed by atoms with E-state index in [2.05, 4.69) is 50.4 Å². The molecule has 5 heteroatoms. The third-order valence-corrected chi connectivity index (χ3v) is 5.36. The molecule has 0 unspecified atom stereocenters. The maximum Gasteiger partial charge on any atom is 0.203 e. The standard InChI is InChI=1S/C26H31NO4/c1-26(2,3)21-9-7-17(8-10-21)11-19-15-27-16-20(24(19)28)12-18-13-22(29-4)25(31-6)23(14-18)30-5/h7-14,27H,15-16H2,1-6H3. The fourth-order valence-corrected chi connectivity index (χ4v) is 3.60. The topological polar surface area (TPSA) is 56.8 Å². The summed E-state index contributed by atoms with van der Waals surface area (Å²) in [6.07, 6.45) is 3.83. The van der Waals surface area contributed by atoms with E-state index in [0.29, 0.717) is 35.9 Å². The van der Waals surface area contributed by atoms with Gasteiger partial charge in [-0.15, -0.1) is 0 Å². The van der Waals surface area contributed by atoms with Crippen molar-refractivity contribution in [1.29, 1.82) is 0 Å². The van der Waals surface area contributed by atoms with Gasteiger partial charge in [0.1, 0.15) is 0 Å². The first-order valence-corrected chi connectivity index (χ1v) is 10.3. The summed E-state index contributed by atoms with van der Waals surface area (Å²) in [6.45, 7) is 7.63. The molecule has 0 aliphatic carbocycles. The Bertz CT molecular complexity index is 986. The molecule has 1 aliphatic rings. The summed E-state index contributed by atoms with van der Waals surface area (Å²) in [5.74, 6) is 1.69. The van der Waals surface area contributed by atoms with Crippen LogP contribution in [-0.2, 0) is 10.2 Å². The molecule has 0 atom stereocenters. The Morgan fingerprint density at radius 1 is 0.806 bits per heavy atom.